The second kappa shape index (κ2) is 7.78. The van der Waals surface area contributed by atoms with Crippen LogP contribution in [0.25, 0.3) is 22.2 Å². The zero-order valence-corrected chi connectivity index (χ0v) is 17.4. The first-order chi connectivity index (χ1) is 12.4. The molecule has 0 saturated carbocycles. The Kier molecular flexibility index (Phi) is 5.65. The number of aromatic nitrogens is 3. The van der Waals surface area contributed by atoms with Crippen molar-refractivity contribution in [3.05, 3.63) is 41.7 Å². The Bertz CT molecular complexity index is 905. The van der Waals surface area contributed by atoms with Crippen molar-refractivity contribution in [3.8, 4) is 17.0 Å². The maximum absolute atomic E-state index is 6.13. The maximum atomic E-state index is 6.13. The molecule has 0 saturated heterocycles. The predicted molar refractivity (Wildman–Crippen MR) is 109 cm³/mol. The summed E-state index contributed by atoms with van der Waals surface area (Å²) in [5.74, 6) is 0.770. The third kappa shape index (κ3) is 4.26. The lowest BCUT2D eigenvalue weighted by Gasteiger charge is -2.15. The average molecular weight is 390 g/mol. The molecule has 26 heavy (non-hydrogen) atoms. The highest BCUT2D eigenvalue weighted by Crippen LogP contribution is 2.34. The molecule has 0 radical (unpaired) electrons. The fourth-order valence-electron chi connectivity index (χ4n) is 2.71. The van der Waals surface area contributed by atoms with Crippen molar-refractivity contribution in [2.45, 2.75) is 32.4 Å². The average Bonchev–Trinajstić information content (AvgIpc) is 2.95. The van der Waals surface area contributed by atoms with Crippen LogP contribution in [0.5, 0.6) is 5.75 Å². The summed E-state index contributed by atoms with van der Waals surface area (Å²) in [4.78, 5) is 4.21. The highest BCUT2D eigenvalue weighted by molar-refractivity contribution is 6.76. The minimum Gasteiger partial charge on any atom is -0.496 e. The third-order valence-electron chi connectivity index (χ3n) is 4.18. The van der Waals surface area contributed by atoms with Crippen molar-refractivity contribution in [2.24, 2.45) is 0 Å². The zero-order chi connectivity index (χ0) is 18.7. The molecule has 0 atom stereocenters. The van der Waals surface area contributed by atoms with Gasteiger partial charge < -0.3 is 9.47 Å². The zero-order valence-electron chi connectivity index (χ0n) is 15.6. The van der Waals surface area contributed by atoms with Gasteiger partial charge >= 0.3 is 0 Å². The van der Waals surface area contributed by atoms with Gasteiger partial charge in [0.05, 0.1) is 18.8 Å². The van der Waals surface area contributed by atoms with Gasteiger partial charge in [0, 0.05) is 25.6 Å². The first-order valence-corrected chi connectivity index (χ1v) is 12.7. The monoisotopic (exact) mass is 389 g/mol. The summed E-state index contributed by atoms with van der Waals surface area (Å²) in [6, 6.07) is 10.8. The molecule has 3 aromatic rings. The van der Waals surface area contributed by atoms with Gasteiger partial charge in [0.15, 0.2) is 0 Å². The Balaban J connectivity index is 1.96. The Morgan fingerprint density at radius 2 is 1.96 bits per heavy atom. The van der Waals surface area contributed by atoms with Crippen molar-refractivity contribution in [3.63, 3.8) is 0 Å². The van der Waals surface area contributed by atoms with Crippen molar-refractivity contribution < 1.29 is 9.47 Å². The van der Waals surface area contributed by atoms with Gasteiger partial charge in [-0.2, -0.15) is 5.10 Å². The molecular weight excluding hydrogens is 366 g/mol. The van der Waals surface area contributed by atoms with E-state index in [2.05, 4.69) is 24.6 Å². The van der Waals surface area contributed by atoms with Crippen LogP contribution in [0.4, 0.5) is 0 Å². The summed E-state index contributed by atoms with van der Waals surface area (Å²) in [6.07, 6.45) is 1.74. The number of rotatable bonds is 7. The van der Waals surface area contributed by atoms with Gasteiger partial charge in [-0.1, -0.05) is 43.4 Å². The number of benzene rings is 1. The number of hydrogen-bond donors (Lipinski definition) is 0. The van der Waals surface area contributed by atoms with E-state index in [1.165, 1.54) is 0 Å². The van der Waals surface area contributed by atoms with Crippen LogP contribution < -0.4 is 4.74 Å². The van der Waals surface area contributed by atoms with Gasteiger partial charge in [-0.25, -0.2) is 9.67 Å². The van der Waals surface area contributed by atoms with Gasteiger partial charge in [-0.15, -0.1) is 0 Å². The van der Waals surface area contributed by atoms with E-state index in [4.69, 9.17) is 26.2 Å². The fourth-order valence-corrected chi connectivity index (χ4v) is 3.63. The van der Waals surface area contributed by atoms with Crippen molar-refractivity contribution >= 4 is 30.6 Å². The topological polar surface area (TPSA) is 49.2 Å². The molecule has 0 spiro atoms. The molecule has 0 aliphatic carbocycles. The van der Waals surface area contributed by atoms with Gasteiger partial charge in [-0.05, 0) is 24.2 Å². The SMILES string of the molecule is COc1ccccc1-c1nn(COCC[Si](C)(C)C)c2cnc(Cl)cc12. The molecule has 0 N–H and O–H groups in total. The smallest absolute Gasteiger partial charge is 0.140 e. The molecule has 2 aromatic heterocycles. The lowest BCUT2D eigenvalue weighted by atomic mass is 10.1. The number of ether oxygens (including phenoxy) is 2. The molecular formula is C19H24ClN3O2Si. The maximum Gasteiger partial charge on any atom is 0.140 e. The number of methoxy groups -OCH3 is 1. The van der Waals surface area contributed by atoms with Crippen molar-refractivity contribution in [2.75, 3.05) is 13.7 Å². The Labute approximate surface area is 159 Å². The summed E-state index contributed by atoms with van der Waals surface area (Å²) in [5, 5.41) is 6.14. The molecule has 5 nitrogen and oxygen atoms in total. The third-order valence-corrected chi connectivity index (χ3v) is 6.09. The van der Waals surface area contributed by atoms with Gasteiger partial charge in [0.2, 0.25) is 0 Å². The first kappa shape index (κ1) is 18.9. The molecule has 3 rings (SSSR count). The van der Waals surface area contributed by atoms with Gasteiger partial charge in [0.25, 0.3) is 0 Å². The van der Waals surface area contributed by atoms with Crippen LogP contribution in [-0.4, -0.2) is 36.6 Å². The Morgan fingerprint density at radius 1 is 1.19 bits per heavy atom. The van der Waals surface area contributed by atoms with E-state index in [1.54, 1.807) is 13.3 Å². The van der Waals surface area contributed by atoms with E-state index in [1.807, 2.05) is 35.0 Å². The van der Waals surface area contributed by atoms with Crippen molar-refractivity contribution in [1.82, 2.24) is 14.8 Å². The molecule has 0 amide bonds. The molecule has 2 heterocycles. The summed E-state index contributed by atoms with van der Waals surface area (Å²) >= 11 is 6.13. The van der Waals surface area contributed by atoms with Crippen LogP contribution in [0.2, 0.25) is 30.8 Å². The van der Waals surface area contributed by atoms with Crippen LogP contribution in [0.3, 0.4) is 0 Å². The highest BCUT2D eigenvalue weighted by atomic mass is 35.5. The van der Waals surface area contributed by atoms with Crippen LogP contribution >= 0.6 is 11.6 Å². The molecule has 0 unspecified atom stereocenters. The second-order valence-corrected chi connectivity index (χ2v) is 13.4. The van der Waals surface area contributed by atoms with E-state index in [0.29, 0.717) is 11.9 Å². The number of para-hydroxylation sites is 1. The summed E-state index contributed by atoms with van der Waals surface area (Å²) in [7, 11) is 0.541. The van der Waals surface area contributed by atoms with E-state index < -0.39 is 8.07 Å². The molecule has 0 fully saturated rings. The molecule has 138 valence electrons. The lowest BCUT2D eigenvalue weighted by Crippen LogP contribution is -2.22. The molecule has 0 bridgehead atoms. The lowest BCUT2D eigenvalue weighted by molar-refractivity contribution is 0.0818. The number of halogens is 1. The van der Waals surface area contributed by atoms with E-state index in [9.17, 15) is 0 Å². The fraction of sp³-hybridized carbons (Fsp3) is 0.368. The molecule has 1 aromatic carbocycles. The number of pyridine rings is 1. The second-order valence-electron chi connectivity index (χ2n) is 7.42. The molecule has 0 aliphatic rings. The van der Waals surface area contributed by atoms with Crippen LogP contribution in [0.1, 0.15) is 0 Å². The van der Waals surface area contributed by atoms with Crippen LogP contribution in [-0.2, 0) is 11.5 Å². The Hall–Kier alpha value is -1.89. The normalized spacial score (nSPS) is 11.9. The van der Waals surface area contributed by atoms with Crippen LogP contribution in [0.15, 0.2) is 36.5 Å². The molecule has 0 aliphatic heterocycles. The number of fused-ring (bicyclic) bond motifs is 1. The predicted octanol–water partition coefficient (Wildman–Crippen LogP) is 5.07. The van der Waals surface area contributed by atoms with E-state index in [0.717, 1.165) is 40.6 Å². The highest BCUT2D eigenvalue weighted by Gasteiger charge is 2.17. The Morgan fingerprint density at radius 3 is 2.69 bits per heavy atom. The summed E-state index contributed by atoms with van der Waals surface area (Å²) in [5.41, 5.74) is 2.63. The van der Waals surface area contributed by atoms with Crippen LogP contribution in [0, 0.1) is 0 Å². The van der Waals surface area contributed by atoms with Gasteiger partial charge in [-0.3, -0.25) is 0 Å². The minimum absolute atomic E-state index is 0.388. The van der Waals surface area contributed by atoms with E-state index in [-0.39, 0.29) is 0 Å². The first-order valence-electron chi connectivity index (χ1n) is 8.62. The molecule has 7 heteroatoms. The standard InChI is InChI=1S/C19H24ClN3O2Si/c1-24-17-8-6-5-7-14(17)19-15-11-18(20)21-12-16(15)23(22-19)13-25-9-10-26(2,3)4/h5-8,11-12H,9-10,13H2,1-4H3. The largest absolute Gasteiger partial charge is 0.496 e. The number of nitrogens with zero attached hydrogens (tertiary/aromatic N) is 3. The van der Waals surface area contributed by atoms with E-state index >= 15 is 0 Å². The summed E-state index contributed by atoms with van der Waals surface area (Å²) < 4.78 is 13.2. The van der Waals surface area contributed by atoms with Crippen molar-refractivity contribution in [1.29, 1.82) is 0 Å². The quantitative estimate of drug-likeness (QED) is 0.321. The minimum atomic E-state index is -1.12. The number of hydrogen-bond acceptors (Lipinski definition) is 4. The van der Waals surface area contributed by atoms with Gasteiger partial charge in [0.1, 0.15) is 23.3 Å². The summed E-state index contributed by atoms with van der Waals surface area (Å²) in [6.45, 7) is 8.14.